The van der Waals surface area contributed by atoms with Crippen molar-refractivity contribution < 1.29 is 0 Å². The zero-order valence-electron chi connectivity index (χ0n) is 8.59. The van der Waals surface area contributed by atoms with Crippen LogP contribution in [0, 0.1) is 0 Å². The van der Waals surface area contributed by atoms with Crippen LogP contribution in [0.5, 0.6) is 0 Å². The largest absolute Gasteiger partial charge is 0.364 e. The number of nitrogen functional groups attached to an aromatic ring is 1. The number of rotatable bonds is 4. The number of pyridine rings is 1. The average molecular weight is 216 g/mol. The van der Waals surface area contributed by atoms with Crippen molar-refractivity contribution in [1.29, 1.82) is 0 Å². The molecule has 0 aliphatic rings. The van der Waals surface area contributed by atoms with Crippen molar-refractivity contribution in [2.45, 2.75) is 6.54 Å². The fourth-order valence-corrected chi connectivity index (χ4v) is 1.22. The predicted molar refractivity (Wildman–Crippen MR) is 61.4 cm³/mol. The summed E-state index contributed by atoms with van der Waals surface area (Å²) in [4.78, 5) is 12.2. The Morgan fingerprint density at radius 3 is 2.75 bits per heavy atom. The van der Waals surface area contributed by atoms with Crippen LogP contribution in [0.2, 0.25) is 0 Å². The smallest absolute Gasteiger partial charge is 0.145 e. The van der Waals surface area contributed by atoms with E-state index in [1.165, 1.54) is 6.33 Å². The van der Waals surface area contributed by atoms with Gasteiger partial charge >= 0.3 is 0 Å². The molecule has 6 heteroatoms. The zero-order chi connectivity index (χ0) is 11.2. The molecule has 0 saturated carbocycles. The van der Waals surface area contributed by atoms with Gasteiger partial charge in [-0.05, 0) is 12.1 Å². The fraction of sp³-hybridized carbons (Fsp3) is 0.100. The van der Waals surface area contributed by atoms with Gasteiger partial charge < -0.3 is 10.7 Å². The maximum absolute atomic E-state index is 5.25. The molecule has 0 unspecified atom stereocenters. The molecule has 0 amide bonds. The van der Waals surface area contributed by atoms with E-state index in [1.54, 1.807) is 12.3 Å². The second-order valence-electron chi connectivity index (χ2n) is 3.11. The first kappa shape index (κ1) is 10.3. The van der Waals surface area contributed by atoms with Gasteiger partial charge in [-0.1, -0.05) is 6.07 Å². The average Bonchev–Trinajstić information content (AvgIpc) is 2.38. The maximum atomic E-state index is 5.25. The molecule has 0 radical (unpaired) electrons. The molecule has 2 aromatic heterocycles. The SMILES string of the molecule is NNc1cc(NCc2ccccn2)ncn1. The summed E-state index contributed by atoms with van der Waals surface area (Å²) in [5, 5.41) is 3.13. The third-order valence-corrected chi connectivity index (χ3v) is 1.99. The van der Waals surface area contributed by atoms with E-state index in [0.717, 1.165) is 5.69 Å². The molecule has 0 aromatic carbocycles. The van der Waals surface area contributed by atoms with Gasteiger partial charge in [-0.25, -0.2) is 15.8 Å². The van der Waals surface area contributed by atoms with Crippen molar-refractivity contribution in [1.82, 2.24) is 15.0 Å². The normalized spacial score (nSPS) is 9.81. The van der Waals surface area contributed by atoms with E-state index in [2.05, 4.69) is 25.7 Å². The highest BCUT2D eigenvalue weighted by Gasteiger charge is 1.97. The molecule has 4 N–H and O–H groups in total. The standard InChI is InChI=1S/C10H12N6/c11-16-10-5-9(14-7-15-10)13-6-8-3-1-2-4-12-8/h1-5,7H,6,11H2,(H2,13,14,15,16). The van der Waals surface area contributed by atoms with E-state index in [1.807, 2.05) is 18.2 Å². The van der Waals surface area contributed by atoms with Gasteiger partial charge in [0, 0.05) is 12.3 Å². The van der Waals surface area contributed by atoms with Gasteiger partial charge in [-0.3, -0.25) is 4.98 Å². The highest BCUT2D eigenvalue weighted by atomic mass is 15.3. The van der Waals surface area contributed by atoms with Crippen LogP contribution in [0.25, 0.3) is 0 Å². The number of nitrogens with zero attached hydrogens (tertiary/aromatic N) is 3. The molecule has 2 rings (SSSR count). The van der Waals surface area contributed by atoms with Crippen molar-refractivity contribution in [2.24, 2.45) is 5.84 Å². The summed E-state index contributed by atoms with van der Waals surface area (Å²) in [6.45, 7) is 0.613. The molecule has 6 nitrogen and oxygen atoms in total. The quantitative estimate of drug-likeness (QED) is 0.516. The molecule has 2 heterocycles. The minimum atomic E-state index is 0.568. The molecule has 82 valence electrons. The van der Waals surface area contributed by atoms with Crippen LogP contribution in [0.1, 0.15) is 5.69 Å². The number of hydrazine groups is 1. The van der Waals surface area contributed by atoms with E-state index >= 15 is 0 Å². The Balaban J connectivity index is 1.99. The van der Waals surface area contributed by atoms with Crippen LogP contribution in [0.3, 0.4) is 0 Å². The molecular formula is C10H12N6. The van der Waals surface area contributed by atoms with Crippen LogP contribution in [0.15, 0.2) is 36.8 Å². The number of hydrogen-bond donors (Lipinski definition) is 3. The van der Waals surface area contributed by atoms with Crippen molar-refractivity contribution in [3.63, 3.8) is 0 Å². The van der Waals surface area contributed by atoms with Gasteiger partial charge in [0.15, 0.2) is 0 Å². The van der Waals surface area contributed by atoms with Gasteiger partial charge in [0.2, 0.25) is 0 Å². The summed E-state index contributed by atoms with van der Waals surface area (Å²) in [5.74, 6) is 6.52. The lowest BCUT2D eigenvalue weighted by Crippen LogP contribution is -2.10. The van der Waals surface area contributed by atoms with Gasteiger partial charge in [0.1, 0.15) is 18.0 Å². The number of nitrogens with one attached hydrogen (secondary N) is 2. The fourth-order valence-electron chi connectivity index (χ4n) is 1.22. The van der Waals surface area contributed by atoms with Gasteiger partial charge in [0.05, 0.1) is 12.2 Å². The predicted octanol–water partition coefficient (Wildman–Crippen LogP) is 0.769. The lowest BCUT2D eigenvalue weighted by Gasteiger charge is -2.05. The number of nitrogens with two attached hydrogens (primary N) is 1. The topological polar surface area (TPSA) is 88.8 Å². The first-order chi connectivity index (χ1) is 7.88. The molecule has 0 bridgehead atoms. The summed E-state index contributed by atoms with van der Waals surface area (Å²) >= 11 is 0. The van der Waals surface area contributed by atoms with Gasteiger partial charge in [-0.2, -0.15) is 0 Å². The summed E-state index contributed by atoms with van der Waals surface area (Å²) < 4.78 is 0. The Hall–Kier alpha value is -2.21. The molecule has 0 atom stereocenters. The van der Waals surface area contributed by atoms with E-state index in [0.29, 0.717) is 18.2 Å². The molecule has 0 saturated heterocycles. The minimum Gasteiger partial charge on any atom is -0.364 e. The number of anilines is 2. The van der Waals surface area contributed by atoms with Crippen molar-refractivity contribution in [3.8, 4) is 0 Å². The second kappa shape index (κ2) is 5.04. The highest BCUT2D eigenvalue weighted by Crippen LogP contribution is 2.08. The third-order valence-electron chi connectivity index (χ3n) is 1.99. The zero-order valence-corrected chi connectivity index (χ0v) is 8.59. The number of aromatic nitrogens is 3. The van der Waals surface area contributed by atoms with E-state index in [9.17, 15) is 0 Å². The maximum Gasteiger partial charge on any atom is 0.145 e. The Kier molecular flexibility index (Phi) is 3.25. The first-order valence-corrected chi connectivity index (χ1v) is 4.81. The van der Waals surface area contributed by atoms with Crippen LogP contribution in [0.4, 0.5) is 11.6 Å². The summed E-state index contributed by atoms with van der Waals surface area (Å²) in [6, 6.07) is 7.49. The molecular weight excluding hydrogens is 204 g/mol. The molecule has 2 aromatic rings. The molecule has 16 heavy (non-hydrogen) atoms. The van der Waals surface area contributed by atoms with Gasteiger partial charge in [0.25, 0.3) is 0 Å². The van der Waals surface area contributed by atoms with Crippen molar-refractivity contribution in [2.75, 3.05) is 10.7 Å². The van der Waals surface area contributed by atoms with Crippen LogP contribution < -0.4 is 16.6 Å². The third kappa shape index (κ3) is 2.64. The van der Waals surface area contributed by atoms with Crippen LogP contribution in [-0.2, 0) is 6.54 Å². The van der Waals surface area contributed by atoms with E-state index < -0.39 is 0 Å². The lowest BCUT2D eigenvalue weighted by atomic mass is 10.3. The summed E-state index contributed by atoms with van der Waals surface area (Å²) in [6.07, 6.45) is 3.19. The minimum absolute atomic E-state index is 0.568. The first-order valence-electron chi connectivity index (χ1n) is 4.81. The van der Waals surface area contributed by atoms with Crippen LogP contribution in [-0.4, -0.2) is 15.0 Å². The highest BCUT2D eigenvalue weighted by molar-refractivity contribution is 5.45. The molecule has 0 aliphatic carbocycles. The van der Waals surface area contributed by atoms with Gasteiger partial charge in [-0.15, -0.1) is 0 Å². The Labute approximate surface area is 92.9 Å². The Bertz CT molecular complexity index is 444. The monoisotopic (exact) mass is 216 g/mol. The van der Waals surface area contributed by atoms with Crippen molar-refractivity contribution >= 4 is 11.6 Å². The summed E-state index contributed by atoms with van der Waals surface area (Å²) in [5.41, 5.74) is 3.41. The molecule has 0 aliphatic heterocycles. The Morgan fingerprint density at radius 1 is 1.12 bits per heavy atom. The Morgan fingerprint density at radius 2 is 2.00 bits per heavy atom. The lowest BCUT2D eigenvalue weighted by molar-refractivity contribution is 1.02. The van der Waals surface area contributed by atoms with Crippen LogP contribution >= 0.6 is 0 Å². The molecule has 0 spiro atoms. The van der Waals surface area contributed by atoms with Crippen molar-refractivity contribution in [3.05, 3.63) is 42.5 Å². The van der Waals surface area contributed by atoms with E-state index in [4.69, 9.17) is 5.84 Å². The summed E-state index contributed by atoms with van der Waals surface area (Å²) in [7, 11) is 0. The van der Waals surface area contributed by atoms with E-state index in [-0.39, 0.29) is 0 Å². The number of hydrogen-bond acceptors (Lipinski definition) is 6. The molecule has 0 fully saturated rings. The second-order valence-corrected chi connectivity index (χ2v) is 3.11.